The van der Waals surface area contributed by atoms with Crippen LogP contribution in [0.2, 0.25) is 0 Å². The van der Waals surface area contributed by atoms with E-state index in [1.807, 2.05) is 0 Å². The Bertz CT molecular complexity index is 767. The van der Waals surface area contributed by atoms with E-state index >= 15 is 0 Å². The number of carbonyl (C=O) groups excluding carboxylic acids is 8. The first-order valence-corrected chi connectivity index (χ1v) is 7.66. The number of rotatable bonds is 12. The van der Waals surface area contributed by atoms with Crippen LogP contribution in [0.25, 0.3) is 0 Å². The van der Waals surface area contributed by atoms with Gasteiger partial charge in [-0.1, -0.05) is 0 Å². The van der Waals surface area contributed by atoms with Crippen molar-refractivity contribution in [2.75, 3.05) is 0 Å². The molecule has 0 bridgehead atoms. The van der Waals surface area contributed by atoms with Gasteiger partial charge in [-0.15, -0.1) is 0 Å². The van der Waals surface area contributed by atoms with E-state index < -0.39 is 72.8 Å². The van der Waals surface area contributed by atoms with E-state index in [0.717, 1.165) is 0 Å². The number of ether oxygens (including phenoxy) is 2. The summed E-state index contributed by atoms with van der Waals surface area (Å²) in [6.07, 6.45) is -4.91. The standard InChI is InChI=1S/2C8H8O8.3Ca/c2*9-5(10)1-2-7(13)16-4(8(14)15)3-6(11)12;;;/h2*1-2,4H,3H2,(H,9,10)(H,11,12)(H,14,15);;;/q;;3*+2/p-6/b2*2-1-;;;. The third-order valence-corrected chi connectivity index (χ3v) is 2.46. The molecule has 2 unspecified atom stereocenters. The zero-order valence-electron chi connectivity index (χ0n) is 17.5. The van der Waals surface area contributed by atoms with Crippen molar-refractivity contribution in [1.29, 1.82) is 0 Å². The summed E-state index contributed by atoms with van der Waals surface area (Å²) in [6.45, 7) is 0. The van der Waals surface area contributed by atoms with Crippen LogP contribution in [0.4, 0.5) is 0 Å². The van der Waals surface area contributed by atoms with Crippen LogP contribution in [0.3, 0.4) is 0 Å². The van der Waals surface area contributed by atoms with E-state index in [9.17, 15) is 69.0 Å². The van der Waals surface area contributed by atoms with Crippen LogP contribution in [-0.2, 0) is 47.8 Å². The molecule has 35 heavy (non-hydrogen) atoms. The first-order chi connectivity index (χ1) is 14.6. The van der Waals surface area contributed by atoms with Crippen LogP contribution in [-0.4, -0.2) is 173 Å². The Hall–Kier alpha value is -0.981. The molecule has 0 heterocycles. The minimum atomic E-state index is -2.04. The van der Waals surface area contributed by atoms with Crippen molar-refractivity contribution in [3.63, 3.8) is 0 Å². The zero-order chi connectivity index (χ0) is 25.4. The van der Waals surface area contributed by atoms with Gasteiger partial charge in [0.1, 0.15) is 12.2 Å². The third-order valence-electron chi connectivity index (χ3n) is 2.46. The van der Waals surface area contributed by atoms with E-state index in [1.54, 1.807) is 0 Å². The molecular weight excluding hydrogens is 568 g/mol. The van der Waals surface area contributed by atoms with Crippen molar-refractivity contribution >= 4 is 161 Å². The molecule has 0 rings (SSSR count). The molecule has 2 atom stereocenters. The van der Waals surface area contributed by atoms with Crippen LogP contribution in [0.1, 0.15) is 12.8 Å². The molecule has 176 valence electrons. The summed E-state index contributed by atoms with van der Waals surface area (Å²) >= 11 is 0. The molecule has 0 radical (unpaired) electrons. The molecule has 0 aromatic heterocycles. The maximum Gasteiger partial charge on any atom is 2.00 e. The van der Waals surface area contributed by atoms with Gasteiger partial charge in [0.05, 0.1) is 23.9 Å². The van der Waals surface area contributed by atoms with Crippen LogP contribution in [0.5, 0.6) is 0 Å². The van der Waals surface area contributed by atoms with Crippen molar-refractivity contribution in [2.24, 2.45) is 0 Å². The van der Waals surface area contributed by atoms with Crippen LogP contribution >= 0.6 is 0 Å². The summed E-state index contributed by atoms with van der Waals surface area (Å²) in [5.74, 6) is -13.5. The van der Waals surface area contributed by atoms with Gasteiger partial charge in [-0.2, -0.15) is 0 Å². The maximum atomic E-state index is 10.7. The van der Waals surface area contributed by atoms with Crippen molar-refractivity contribution in [3.05, 3.63) is 24.3 Å². The molecule has 0 saturated heterocycles. The molecule has 0 aromatic carbocycles. The summed E-state index contributed by atoms with van der Waals surface area (Å²) in [7, 11) is 0. The molecule has 19 heteroatoms. The Morgan fingerprint density at radius 2 is 0.771 bits per heavy atom. The topological polar surface area (TPSA) is 293 Å². The fraction of sp³-hybridized carbons (Fsp3) is 0.250. The van der Waals surface area contributed by atoms with Gasteiger partial charge in [-0.05, 0) is 12.2 Å². The first-order valence-electron chi connectivity index (χ1n) is 7.66. The number of aliphatic carboxylic acids is 6. The number of carboxylic acid groups (broad SMARTS) is 6. The summed E-state index contributed by atoms with van der Waals surface area (Å²) in [6, 6.07) is 0. The van der Waals surface area contributed by atoms with Gasteiger partial charge in [0, 0.05) is 36.9 Å². The van der Waals surface area contributed by atoms with Gasteiger partial charge in [0.15, 0.2) is 0 Å². The third kappa shape index (κ3) is 29.1. The second-order valence-electron chi connectivity index (χ2n) is 4.95. The summed E-state index contributed by atoms with van der Waals surface area (Å²) < 4.78 is 8.15. The molecule has 0 spiro atoms. The second kappa shape index (κ2) is 24.7. The summed E-state index contributed by atoms with van der Waals surface area (Å²) in [5.41, 5.74) is 0. The van der Waals surface area contributed by atoms with E-state index in [2.05, 4.69) is 9.47 Å². The van der Waals surface area contributed by atoms with Gasteiger partial charge < -0.3 is 68.9 Å². The first kappa shape index (κ1) is 44.0. The number of carboxylic acids is 6. The van der Waals surface area contributed by atoms with Crippen molar-refractivity contribution in [1.82, 2.24) is 0 Å². The van der Waals surface area contributed by atoms with Crippen LogP contribution < -0.4 is 30.6 Å². The smallest absolute Gasteiger partial charge is 0.550 e. The molecule has 16 nitrogen and oxygen atoms in total. The Kier molecular flexibility index (Phi) is 31.1. The zero-order valence-corrected chi connectivity index (χ0v) is 24.2. The van der Waals surface area contributed by atoms with Crippen molar-refractivity contribution < 1.29 is 78.5 Å². The summed E-state index contributed by atoms with van der Waals surface area (Å²) in [4.78, 5) is 81.8. The Morgan fingerprint density at radius 1 is 0.514 bits per heavy atom. The maximum absolute atomic E-state index is 10.7. The molecule has 0 saturated carbocycles. The average Bonchev–Trinajstić information content (AvgIpc) is 2.63. The van der Waals surface area contributed by atoms with E-state index in [-0.39, 0.29) is 113 Å². The molecule has 0 amide bonds. The Labute approximate surface area is 284 Å². The van der Waals surface area contributed by atoms with E-state index in [1.165, 1.54) is 0 Å². The molecule has 0 N–H and O–H groups in total. The molecular formula is C16H10Ca3O16. The Balaban J connectivity index is -0.000000158. The van der Waals surface area contributed by atoms with Gasteiger partial charge in [-0.25, -0.2) is 9.59 Å². The second-order valence-corrected chi connectivity index (χ2v) is 4.95. The average molecular weight is 578 g/mol. The molecule has 0 aliphatic heterocycles. The number of carbonyl (C=O) groups is 8. The SMILES string of the molecule is O=C([O-])/C=C\C(=O)OC(CC(=O)[O-])C(=O)[O-].O=C([O-])/C=C\C(=O)OC(CC(=O)[O-])C(=O)[O-].[Ca+2].[Ca+2].[Ca+2]. The van der Waals surface area contributed by atoms with Gasteiger partial charge in [0.25, 0.3) is 0 Å². The van der Waals surface area contributed by atoms with Gasteiger partial charge in [-0.3, -0.25) is 0 Å². The van der Waals surface area contributed by atoms with Crippen molar-refractivity contribution in [2.45, 2.75) is 25.0 Å². The molecule has 0 fully saturated rings. The van der Waals surface area contributed by atoms with Crippen LogP contribution in [0, 0.1) is 0 Å². The molecule has 0 aliphatic carbocycles. The van der Waals surface area contributed by atoms with Crippen LogP contribution in [0.15, 0.2) is 24.3 Å². The quantitative estimate of drug-likeness (QED) is 0.118. The fourth-order valence-corrected chi connectivity index (χ4v) is 1.28. The predicted molar refractivity (Wildman–Crippen MR) is 94.6 cm³/mol. The minimum absolute atomic E-state index is 0. The molecule has 0 aliphatic rings. The van der Waals surface area contributed by atoms with E-state index in [0.29, 0.717) is 24.3 Å². The number of esters is 2. The van der Waals surface area contributed by atoms with Gasteiger partial charge >= 0.3 is 125 Å². The normalized spacial score (nSPS) is 11.0. The van der Waals surface area contributed by atoms with Crippen molar-refractivity contribution in [3.8, 4) is 0 Å². The predicted octanol–water partition coefficient (Wildman–Crippen LogP) is -11.0. The largest absolute Gasteiger partial charge is 2.00 e. The molecule has 0 aromatic rings. The van der Waals surface area contributed by atoms with E-state index in [4.69, 9.17) is 0 Å². The minimum Gasteiger partial charge on any atom is -0.550 e. The fourth-order valence-electron chi connectivity index (χ4n) is 1.28. The monoisotopic (exact) mass is 578 g/mol. The van der Waals surface area contributed by atoms with Gasteiger partial charge in [0.2, 0.25) is 0 Å². The summed E-state index contributed by atoms with van der Waals surface area (Å²) in [5, 5.41) is 60.4. The number of hydrogen-bond donors (Lipinski definition) is 0. The number of hydrogen-bond acceptors (Lipinski definition) is 16. The Morgan fingerprint density at radius 3 is 0.943 bits per heavy atom.